The van der Waals surface area contributed by atoms with Crippen LogP contribution in [0.25, 0.3) is 0 Å². The Bertz CT molecular complexity index is 490. The summed E-state index contributed by atoms with van der Waals surface area (Å²) in [6, 6.07) is 6.67. The van der Waals surface area contributed by atoms with Crippen LogP contribution in [0, 0.1) is 5.82 Å². The summed E-state index contributed by atoms with van der Waals surface area (Å²) in [4.78, 5) is 4.17. The lowest BCUT2D eigenvalue weighted by Gasteiger charge is -2.08. The monoisotopic (exact) mass is 261 g/mol. The quantitative estimate of drug-likeness (QED) is 0.777. The van der Waals surface area contributed by atoms with Crippen LogP contribution in [-0.4, -0.2) is 16.1 Å². The lowest BCUT2D eigenvalue weighted by atomic mass is 10.1. The van der Waals surface area contributed by atoms with E-state index < -0.39 is 0 Å². The van der Waals surface area contributed by atoms with Gasteiger partial charge in [-0.05, 0) is 37.1 Å². The Kier molecular flexibility index (Phi) is 5.10. The van der Waals surface area contributed by atoms with Crippen molar-refractivity contribution >= 4 is 0 Å². The molecule has 0 unspecified atom stereocenters. The van der Waals surface area contributed by atoms with E-state index in [1.807, 2.05) is 24.7 Å². The molecule has 1 N–H and O–H groups in total. The van der Waals surface area contributed by atoms with E-state index in [-0.39, 0.29) is 5.82 Å². The molecule has 2 rings (SSSR count). The van der Waals surface area contributed by atoms with E-state index in [1.54, 1.807) is 0 Å². The first-order valence-corrected chi connectivity index (χ1v) is 6.73. The van der Waals surface area contributed by atoms with E-state index in [1.165, 1.54) is 17.8 Å². The molecule has 1 aromatic carbocycles. The molecule has 1 heterocycles. The number of rotatable bonds is 7. The van der Waals surface area contributed by atoms with Crippen LogP contribution >= 0.6 is 0 Å². The van der Waals surface area contributed by atoms with Crippen LogP contribution in [0.4, 0.5) is 4.39 Å². The predicted octanol–water partition coefficient (Wildman–Crippen LogP) is 2.76. The summed E-state index contributed by atoms with van der Waals surface area (Å²) < 4.78 is 14.9. The zero-order valence-electron chi connectivity index (χ0n) is 11.3. The second-order valence-electron chi connectivity index (χ2n) is 4.63. The number of aryl methyl sites for hydroxylation is 1. The van der Waals surface area contributed by atoms with E-state index in [4.69, 9.17) is 0 Å². The van der Waals surface area contributed by atoms with Gasteiger partial charge >= 0.3 is 0 Å². The number of imidazole rings is 1. The van der Waals surface area contributed by atoms with Crippen LogP contribution in [0.2, 0.25) is 0 Å². The summed E-state index contributed by atoms with van der Waals surface area (Å²) in [7, 11) is 0. The maximum Gasteiger partial charge on any atom is 0.123 e. The molecule has 0 amide bonds. The molecular formula is C15H20FN3. The highest BCUT2D eigenvalue weighted by Crippen LogP contribution is 2.04. The number of benzene rings is 1. The molecule has 0 aliphatic heterocycles. The molecule has 102 valence electrons. The van der Waals surface area contributed by atoms with E-state index in [9.17, 15) is 4.39 Å². The number of halogens is 1. The van der Waals surface area contributed by atoms with Crippen molar-refractivity contribution in [3.63, 3.8) is 0 Å². The molecule has 0 aliphatic carbocycles. The molecule has 0 atom stereocenters. The van der Waals surface area contributed by atoms with Gasteiger partial charge in [0.15, 0.2) is 0 Å². The van der Waals surface area contributed by atoms with Gasteiger partial charge in [0.2, 0.25) is 0 Å². The third-order valence-corrected chi connectivity index (χ3v) is 3.07. The maximum atomic E-state index is 12.8. The summed E-state index contributed by atoms with van der Waals surface area (Å²) in [5, 5.41) is 3.40. The SMILES string of the molecule is CCCn1cncc1CNCCc1ccc(F)cc1. The molecule has 0 fully saturated rings. The van der Waals surface area contributed by atoms with Gasteiger partial charge in [0.1, 0.15) is 5.82 Å². The first-order chi connectivity index (χ1) is 9.29. The first kappa shape index (κ1) is 13.7. The Morgan fingerprint density at radius 1 is 1.26 bits per heavy atom. The zero-order valence-corrected chi connectivity index (χ0v) is 11.3. The second-order valence-corrected chi connectivity index (χ2v) is 4.63. The van der Waals surface area contributed by atoms with Crippen molar-refractivity contribution < 1.29 is 4.39 Å². The molecule has 3 nitrogen and oxygen atoms in total. The smallest absolute Gasteiger partial charge is 0.123 e. The predicted molar refractivity (Wildman–Crippen MR) is 74.3 cm³/mol. The van der Waals surface area contributed by atoms with Crippen LogP contribution < -0.4 is 5.32 Å². The van der Waals surface area contributed by atoms with Crippen LogP contribution in [0.3, 0.4) is 0 Å². The molecule has 0 aliphatic rings. The van der Waals surface area contributed by atoms with E-state index in [0.29, 0.717) is 0 Å². The lowest BCUT2D eigenvalue weighted by molar-refractivity contribution is 0.600. The van der Waals surface area contributed by atoms with Crippen LogP contribution in [0.1, 0.15) is 24.6 Å². The molecule has 4 heteroatoms. The highest BCUT2D eigenvalue weighted by Gasteiger charge is 2.00. The third-order valence-electron chi connectivity index (χ3n) is 3.07. The molecule has 0 spiro atoms. The van der Waals surface area contributed by atoms with Crippen molar-refractivity contribution in [2.45, 2.75) is 32.9 Å². The zero-order chi connectivity index (χ0) is 13.5. The maximum absolute atomic E-state index is 12.8. The first-order valence-electron chi connectivity index (χ1n) is 6.73. The Morgan fingerprint density at radius 3 is 2.79 bits per heavy atom. The van der Waals surface area contributed by atoms with Crippen LogP contribution in [-0.2, 0) is 19.5 Å². The van der Waals surface area contributed by atoms with Crippen molar-refractivity contribution in [1.82, 2.24) is 14.9 Å². The van der Waals surface area contributed by atoms with Gasteiger partial charge in [-0.2, -0.15) is 0 Å². The topological polar surface area (TPSA) is 29.9 Å². The average molecular weight is 261 g/mol. The van der Waals surface area contributed by atoms with Gasteiger partial charge in [0.25, 0.3) is 0 Å². The number of hydrogen-bond donors (Lipinski definition) is 1. The van der Waals surface area contributed by atoms with Gasteiger partial charge in [-0.1, -0.05) is 19.1 Å². The summed E-state index contributed by atoms with van der Waals surface area (Å²) in [5.74, 6) is -0.180. The number of nitrogens with zero attached hydrogens (tertiary/aromatic N) is 2. The minimum absolute atomic E-state index is 0.180. The van der Waals surface area contributed by atoms with Crippen molar-refractivity contribution in [1.29, 1.82) is 0 Å². The molecule has 0 saturated carbocycles. The van der Waals surface area contributed by atoms with Crippen molar-refractivity contribution in [3.05, 3.63) is 53.9 Å². The van der Waals surface area contributed by atoms with Gasteiger partial charge in [0, 0.05) is 19.3 Å². The Morgan fingerprint density at radius 2 is 2.05 bits per heavy atom. The van der Waals surface area contributed by atoms with Gasteiger partial charge in [0.05, 0.1) is 12.0 Å². The summed E-state index contributed by atoms with van der Waals surface area (Å²) in [6.07, 6.45) is 5.79. The molecule has 0 saturated heterocycles. The number of hydrogen-bond acceptors (Lipinski definition) is 2. The Balaban J connectivity index is 1.74. The van der Waals surface area contributed by atoms with Gasteiger partial charge in [-0.3, -0.25) is 0 Å². The normalized spacial score (nSPS) is 10.8. The number of aromatic nitrogens is 2. The largest absolute Gasteiger partial charge is 0.333 e. The molecule has 19 heavy (non-hydrogen) atoms. The van der Waals surface area contributed by atoms with Crippen molar-refractivity contribution in [2.24, 2.45) is 0 Å². The van der Waals surface area contributed by atoms with E-state index in [2.05, 4.69) is 21.8 Å². The van der Waals surface area contributed by atoms with Crippen LogP contribution in [0.15, 0.2) is 36.8 Å². The minimum Gasteiger partial charge on any atom is -0.333 e. The van der Waals surface area contributed by atoms with E-state index >= 15 is 0 Å². The van der Waals surface area contributed by atoms with E-state index in [0.717, 1.165) is 38.0 Å². The third kappa shape index (κ3) is 4.17. The fourth-order valence-electron chi connectivity index (χ4n) is 2.04. The molecule has 0 bridgehead atoms. The summed E-state index contributed by atoms with van der Waals surface area (Å²) in [5.41, 5.74) is 2.36. The summed E-state index contributed by atoms with van der Waals surface area (Å²) in [6.45, 7) is 4.87. The molecule has 2 aromatic rings. The minimum atomic E-state index is -0.180. The van der Waals surface area contributed by atoms with Gasteiger partial charge in [-0.15, -0.1) is 0 Å². The fraction of sp³-hybridized carbons (Fsp3) is 0.400. The average Bonchev–Trinajstić information content (AvgIpc) is 2.85. The summed E-state index contributed by atoms with van der Waals surface area (Å²) >= 11 is 0. The van der Waals surface area contributed by atoms with Gasteiger partial charge in [-0.25, -0.2) is 9.37 Å². The molecule has 1 aromatic heterocycles. The molecular weight excluding hydrogens is 241 g/mol. The van der Waals surface area contributed by atoms with Crippen molar-refractivity contribution in [2.75, 3.05) is 6.54 Å². The van der Waals surface area contributed by atoms with Crippen LogP contribution in [0.5, 0.6) is 0 Å². The Labute approximate surface area is 113 Å². The van der Waals surface area contributed by atoms with Crippen molar-refractivity contribution in [3.8, 4) is 0 Å². The Hall–Kier alpha value is -1.68. The number of nitrogens with one attached hydrogen (secondary N) is 1. The molecule has 0 radical (unpaired) electrons. The second kappa shape index (κ2) is 7.04. The standard InChI is InChI=1S/C15H20FN3/c1-2-9-19-12-18-11-15(19)10-17-8-7-13-3-5-14(16)6-4-13/h3-6,11-12,17H,2,7-10H2,1H3. The lowest BCUT2D eigenvalue weighted by Crippen LogP contribution is -2.18. The fourth-order valence-corrected chi connectivity index (χ4v) is 2.04. The highest BCUT2D eigenvalue weighted by atomic mass is 19.1. The van der Waals surface area contributed by atoms with Gasteiger partial charge < -0.3 is 9.88 Å². The highest BCUT2D eigenvalue weighted by molar-refractivity contribution is 5.16.